The molecular formula is C19H25Cl2N3O2. The van der Waals surface area contributed by atoms with E-state index in [1.807, 2.05) is 11.9 Å². The Balaban J connectivity index is 1.71. The Kier molecular flexibility index (Phi) is 6.43. The Morgan fingerprint density at radius 2 is 1.92 bits per heavy atom. The number of carbonyl (C=O) groups excluding carboxylic acids is 2. The lowest BCUT2D eigenvalue weighted by Gasteiger charge is -2.36. The van der Waals surface area contributed by atoms with E-state index in [1.54, 1.807) is 23.1 Å². The smallest absolute Gasteiger partial charge is 0.254 e. The van der Waals surface area contributed by atoms with Crippen molar-refractivity contribution in [1.29, 1.82) is 0 Å². The summed E-state index contributed by atoms with van der Waals surface area (Å²) in [6.07, 6.45) is 3.73. The van der Waals surface area contributed by atoms with Crippen LogP contribution in [0.25, 0.3) is 0 Å². The summed E-state index contributed by atoms with van der Waals surface area (Å²) >= 11 is 12.0. The minimum absolute atomic E-state index is 0.0803. The summed E-state index contributed by atoms with van der Waals surface area (Å²) < 4.78 is 0. The van der Waals surface area contributed by atoms with Crippen LogP contribution in [-0.2, 0) is 4.79 Å². The van der Waals surface area contributed by atoms with Gasteiger partial charge in [0.25, 0.3) is 5.91 Å². The fourth-order valence-electron chi connectivity index (χ4n) is 3.99. The molecule has 1 aromatic carbocycles. The number of rotatable bonds is 4. The standard InChI is InChI=1S/C19H25Cl2N3O2/c1-22-11-13-4-2-8-23(12-13)19(26)17-5-3-9-24(17)18(25)14-6-7-15(20)16(21)10-14/h6-7,10,13,17,22H,2-5,8-9,11-12H2,1H3. The zero-order chi connectivity index (χ0) is 18.7. The van der Waals surface area contributed by atoms with Crippen molar-refractivity contribution >= 4 is 35.0 Å². The maximum absolute atomic E-state index is 13.1. The van der Waals surface area contributed by atoms with E-state index >= 15 is 0 Å². The fourth-order valence-corrected chi connectivity index (χ4v) is 4.29. The van der Waals surface area contributed by atoms with Crippen molar-refractivity contribution in [3.8, 4) is 0 Å². The van der Waals surface area contributed by atoms with Crippen molar-refractivity contribution in [3.63, 3.8) is 0 Å². The Labute approximate surface area is 164 Å². The molecule has 142 valence electrons. The van der Waals surface area contributed by atoms with Crippen LogP contribution in [0, 0.1) is 5.92 Å². The number of nitrogens with one attached hydrogen (secondary N) is 1. The van der Waals surface area contributed by atoms with Crippen LogP contribution in [0.5, 0.6) is 0 Å². The largest absolute Gasteiger partial charge is 0.341 e. The molecule has 7 heteroatoms. The molecule has 1 N–H and O–H groups in total. The second-order valence-corrected chi connectivity index (χ2v) is 7.95. The van der Waals surface area contributed by atoms with Crippen molar-refractivity contribution in [2.24, 2.45) is 5.92 Å². The first-order valence-corrected chi connectivity index (χ1v) is 9.96. The molecule has 0 aliphatic carbocycles. The summed E-state index contributed by atoms with van der Waals surface area (Å²) in [7, 11) is 1.94. The monoisotopic (exact) mass is 397 g/mol. The molecule has 2 heterocycles. The highest BCUT2D eigenvalue weighted by atomic mass is 35.5. The average molecular weight is 398 g/mol. The van der Waals surface area contributed by atoms with Crippen molar-refractivity contribution in [2.45, 2.75) is 31.7 Å². The zero-order valence-electron chi connectivity index (χ0n) is 15.0. The first kappa shape index (κ1) is 19.5. The lowest BCUT2D eigenvalue weighted by molar-refractivity contribution is -0.137. The van der Waals surface area contributed by atoms with Crippen LogP contribution in [-0.4, -0.2) is 60.9 Å². The molecule has 5 nitrogen and oxygen atoms in total. The van der Waals surface area contributed by atoms with Gasteiger partial charge in [-0.2, -0.15) is 0 Å². The van der Waals surface area contributed by atoms with E-state index in [0.717, 1.165) is 45.3 Å². The first-order chi connectivity index (χ1) is 12.5. The maximum Gasteiger partial charge on any atom is 0.254 e. The molecule has 0 radical (unpaired) electrons. The summed E-state index contributed by atoms with van der Waals surface area (Å²) in [6.45, 7) is 3.07. The quantitative estimate of drug-likeness (QED) is 0.848. The van der Waals surface area contributed by atoms with E-state index in [9.17, 15) is 9.59 Å². The molecular weight excluding hydrogens is 373 g/mol. The summed E-state index contributed by atoms with van der Waals surface area (Å²) in [5, 5.41) is 3.97. The number of nitrogens with zero attached hydrogens (tertiary/aromatic N) is 2. The van der Waals surface area contributed by atoms with Gasteiger partial charge in [-0.1, -0.05) is 23.2 Å². The molecule has 2 atom stereocenters. The number of piperidine rings is 1. The van der Waals surface area contributed by atoms with Crippen molar-refractivity contribution < 1.29 is 9.59 Å². The Bertz CT molecular complexity index is 681. The highest BCUT2D eigenvalue weighted by molar-refractivity contribution is 6.42. The van der Waals surface area contributed by atoms with Crippen molar-refractivity contribution in [2.75, 3.05) is 33.2 Å². The minimum Gasteiger partial charge on any atom is -0.341 e. The molecule has 0 bridgehead atoms. The molecule has 0 saturated carbocycles. The van der Waals surface area contributed by atoms with Gasteiger partial charge in [-0.3, -0.25) is 9.59 Å². The van der Waals surface area contributed by atoms with Crippen LogP contribution in [0.3, 0.4) is 0 Å². The van der Waals surface area contributed by atoms with Gasteiger partial charge in [0.05, 0.1) is 10.0 Å². The molecule has 0 spiro atoms. The first-order valence-electron chi connectivity index (χ1n) is 9.20. The fraction of sp³-hybridized carbons (Fsp3) is 0.579. The average Bonchev–Trinajstić information content (AvgIpc) is 3.13. The lowest BCUT2D eigenvalue weighted by atomic mass is 9.97. The van der Waals surface area contributed by atoms with Gasteiger partial charge >= 0.3 is 0 Å². The molecule has 2 fully saturated rings. The molecule has 2 aliphatic heterocycles. The van der Waals surface area contributed by atoms with Gasteiger partial charge in [0.2, 0.25) is 5.91 Å². The maximum atomic E-state index is 13.1. The molecule has 2 unspecified atom stereocenters. The Morgan fingerprint density at radius 3 is 2.65 bits per heavy atom. The van der Waals surface area contributed by atoms with E-state index < -0.39 is 0 Å². The van der Waals surface area contributed by atoms with Crippen LogP contribution >= 0.6 is 23.2 Å². The highest BCUT2D eigenvalue weighted by Gasteiger charge is 2.38. The molecule has 26 heavy (non-hydrogen) atoms. The highest BCUT2D eigenvalue weighted by Crippen LogP contribution is 2.27. The van der Waals surface area contributed by atoms with E-state index in [0.29, 0.717) is 28.1 Å². The van der Waals surface area contributed by atoms with Crippen molar-refractivity contribution in [1.82, 2.24) is 15.1 Å². The number of hydrogen-bond donors (Lipinski definition) is 1. The van der Waals surface area contributed by atoms with Crippen molar-refractivity contribution in [3.05, 3.63) is 33.8 Å². The third-order valence-corrected chi connectivity index (χ3v) is 6.03. The molecule has 2 saturated heterocycles. The van der Waals surface area contributed by atoms with Gasteiger partial charge in [-0.25, -0.2) is 0 Å². The number of amides is 2. The molecule has 2 aliphatic rings. The normalized spacial score (nSPS) is 23.3. The van der Waals surface area contributed by atoms with Crippen LogP contribution in [0.4, 0.5) is 0 Å². The number of hydrogen-bond acceptors (Lipinski definition) is 3. The zero-order valence-corrected chi connectivity index (χ0v) is 16.5. The van der Waals surface area contributed by atoms with Gasteiger partial charge in [0.15, 0.2) is 0 Å². The van der Waals surface area contributed by atoms with Gasteiger partial charge in [0, 0.05) is 25.2 Å². The van der Waals surface area contributed by atoms with E-state index in [4.69, 9.17) is 23.2 Å². The Hall–Kier alpha value is -1.30. The lowest BCUT2D eigenvalue weighted by Crippen LogP contribution is -2.51. The third kappa shape index (κ3) is 4.16. The second-order valence-electron chi connectivity index (χ2n) is 7.14. The van der Waals surface area contributed by atoms with E-state index in [-0.39, 0.29) is 17.9 Å². The summed E-state index contributed by atoms with van der Waals surface area (Å²) in [4.78, 5) is 29.6. The van der Waals surface area contributed by atoms with Crippen LogP contribution in [0.1, 0.15) is 36.0 Å². The molecule has 3 rings (SSSR count). The number of halogens is 2. The SMILES string of the molecule is CNCC1CCCN(C(=O)C2CCCN2C(=O)c2ccc(Cl)c(Cl)c2)C1. The van der Waals surface area contributed by atoms with E-state index in [1.165, 1.54) is 0 Å². The van der Waals surface area contributed by atoms with Crippen LogP contribution in [0.2, 0.25) is 10.0 Å². The topological polar surface area (TPSA) is 52.7 Å². The number of likely N-dealkylation sites (tertiary alicyclic amines) is 2. The molecule has 1 aromatic rings. The number of carbonyl (C=O) groups is 2. The minimum atomic E-state index is -0.370. The predicted molar refractivity (Wildman–Crippen MR) is 104 cm³/mol. The third-order valence-electron chi connectivity index (χ3n) is 5.29. The molecule has 0 aromatic heterocycles. The van der Waals surface area contributed by atoms with Gasteiger partial charge in [0.1, 0.15) is 6.04 Å². The Morgan fingerprint density at radius 1 is 1.15 bits per heavy atom. The summed E-state index contributed by atoms with van der Waals surface area (Å²) in [6, 6.07) is 4.50. The second kappa shape index (κ2) is 8.59. The van der Waals surface area contributed by atoms with Crippen LogP contribution in [0.15, 0.2) is 18.2 Å². The summed E-state index contributed by atoms with van der Waals surface area (Å²) in [5.74, 6) is 0.415. The summed E-state index contributed by atoms with van der Waals surface area (Å²) in [5.41, 5.74) is 0.478. The van der Waals surface area contributed by atoms with Gasteiger partial charge in [-0.15, -0.1) is 0 Å². The van der Waals surface area contributed by atoms with E-state index in [2.05, 4.69) is 5.32 Å². The number of benzene rings is 1. The van der Waals surface area contributed by atoms with Gasteiger partial charge < -0.3 is 15.1 Å². The van der Waals surface area contributed by atoms with Gasteiger partial charge in [-0.05, 0) is 63.4 Å². The van der Waals surface area contributed by atoms with Crippen LogP contribution < -0.4 is 5.32 Å². The predicted octanol–water partition coefficient (Wildman–Crippen LogP) is 3.06. The molecule has 2 amide bonds.